The summed E-state index contributed by atoms with van der Waals surface area (Å²) in [5, 5.41) is 10.2. The maximum atomic E-state index is 12.9. The van der Waals surface area contributed by atoms with Gasteiger partial charge < -0.3 is 10.6 Å². The van der Waals surface area contributed by atoms with Crippen molar-refractivity contribution >= 4 is 28.2 Å². The van der Waals surface area contributed by atoms with Crippen LogP contribution in [0, 0.1) is 0 Å². The summed E-state index contributed by atoms with van der Waals surface area (Å²) in [6.45, 7) is 2.89. The van der Waals surface area contributed by atoms with Gasteiger partial charge in [-0.15, -0.1) is 12.4 Å². The van der Waals surface area contributed by atoms with Crippen LogP contribution in [0.5, 0.6) is 0 Å². The number of nitrogens with zero attached hydrogens (tertiary/aromatic N) is 2. The summed E-state index contributed by atoms with van der Waals surface area (Å²) < 4.78 is 25.1. The molecule has 148 valence electrons. The fourth-order valence-corrected chi connectivity index (χ4v) is 4.71. The van der Waals surface area contributed by atoms with Gasteiger partial charge >= 0.3 is 0 Å². The highest BCUT2D eigenvalue weighted by Crippen LogP contribution is 2.29. The number of sulfone groups is 1. The molecule has 1 aromatic carbocycles. The molecule has 3 rings (SSSR count). The number of piperidine rings is 1. The molecule has 2 N–H and O–H groups in total. The summed E-state index contributed by atoms with van der Waals surface area (Å²) >= 11 is 0. The van der Waals surface area contributed by atoms with Crippen LogP contribution < -0.4 is 10.6 Å². The highest BCUT2D eigenvalue weighted by atomic mass is 35.5. The smallest absolute Gasteiger partial charge is 0.242 e. The second-order valence-corrected chi connectivity index (χ2v) is 9.08. The first-order chi connectivity index (χ1) is 12.3. The Morgan fingerprint density at radius 1 is 1.30 bits per heavy atom. The molecule has 0 spiro atoms. The average Bonchev–Trinajstić information content (AvgIpc) is 3.16. The van der Waals surface area contributed by atoms with Crippen LogP contribution in [0.2, 0.25) is 0 Å². The van der Waals surface area contributed by atoms with Gasteiger partial charge in [0.1, 0.15) is 0 Å². The summed E-state index contributed by atoms with van der Waals surface area (Å²) in [5.74, 6) is -0.418. The fraction of sp³-hybridized carbons (Fsp3) is 0.444. The Hall–Kier alpha value is -1.90. The molecule has 0 bridgehead atoms. The fourth-order valence-electron chi connectivity index (χ4n) is 3.37. The third-order valence-electron chi connectivity index (χ3n) is 5.02. The maximum Gasteiger partial charge on any atom is 0.242 e. The minimum atomic E-state index is -3.52. The van der Waals surface area contributed by atoms with Gasteiger partial charge in [0.05, 0.1) is 11.7 Å². The van der Waals surface area contributed by atoms with Gasteiger partial charge in [-0.2, -0.15) is 5.10 Å². The largest absolute Gasteiger partial charge is 0.348 e. The van der Waals surface area contributed by atoms with Gasteiger partial charge in [-0.1, -0.05) is 12.1 Å². The molecule has 0 saturated carbocycles. The lowest BCUT2D eigenvalue weighted by Crippen LogP contribution is -2.57. The van der Waals surface area contributed by atoms with Crippen molar-refractivity contribution in [3.8, 4) is 5.69 Å². The van der Waals surface area contributed by atoms with E-state index in [2.05, 4.69) is 15.7 Å². The lowest BCUT2D eigenvalue weighted by Gasteiger charge is -2.35. The van der Waals surface area contributed by atoms with E-state index in [4.69, 9.17) is 0 Å². The van der Waals surface area contributed by atoms with Crippen LogP contribution in [0.4, 0.5) is 0 Å². The summed E-state index contributed by atoms with van der Waals surface area (Å²) in [5.41, 5.74) is 1.78. The number of benzene rings is 1. The van der Waals surface area contributed by atoms with Crippen molar-refractivity contribution in [2.45, 2.75) is 30.6 Å². The van der Waals surface area contributed by atoms with Gasteiger partial charge in [0.25, 0.3) is 0 Å². The van der Waals surface area contributed by atoms with E-state index in [0.717, 1.165) is 17.5 Å². The first-order valence-electron chi connectivity index (χ1n) is 8.65. The van der Waals surface area contributed by atoms with Crippen LogP contribution in [0.15, 0.2) is 42.7 Å². The molecule has 27 heavy (non-hydrogen) atoms. The zero-order valence-electron chi connectivity index (χ0n) is 15.4. The molecule has 1 aliphatic heterocycles. The van der Waals surface area contributed by atoms with Crippen molar-refractivity contribution in [2.24, 2.45) is 0 Å². The molecule has 1 fully saturated rings. The molecule has 1 aromatic heterocycles. The average molecular weight is 413 g/mol. The maximum absolute atomic E-state index is 12.9. The van der Waals surface area contributed by atoms with Crippen LogP contribution in [0.25, 0.3) is 5.69 Å². The predicted octanol–water partition coefficient (Wildman–Crippen LogP) is 1.64. The van der Waals surface area contributed by atoms with Crippen molar-refractivity contribution in [3.05, 3.63) is 48.3 Å². The Morgan fingerprint density at radius 2 is 2.00 bits per heavy atom. The number of hydrogen-bond donors (Lipinski definition) is 2. The number of nitrogens with one attached hydrogen (secondary N) is 2. The van der Waals surface area contributed by atoms with Crippen molar-refractivity contribution in [2.75, 3.05) is 19.3 Å². The number of hydrogen-bond acceptors (Lipinski definition) is 5. The molecule has 7 nitrogen and oxygen atoms in total. The predicted molar refractivity (Wildman–Crippen MR) is 107 cm³/mol. The lowest BCUT2D eigenvalue weighted by molar-refractivity contribution is -0.125. The van der Waals surface area contributed by atoms with Crippen molar-refractivity contribution in [1.29, 1.82) is 0 Å². The third-order valence-corrected chi connectivity index (χ3v) is 7.03. The van der Waals surface area contributed by atoms with Crippen molar-refractivity contribution < 1.29 is 13.2 Å². The summed E-state index contributed by atoms with van der Waals surface area (Å²) in [4.78, 5) is 12.9. The number of rotatable bonds is 5. The number of carbonyl (C=O) groups excluding carboxylic acids is 1. The van der Waals surface area contributed by atoms with E-state index >= 15 is 0 Å². The van der Waals surface area contributed by atoms with E-state index in [0.29, 0.717) is 13.1 Å². The van der Waals surface area contributed by atoms with Crippen LogP contribution >= 0.6 is 12.4 Å². The normalized spacial score (nSPS) is 17.6. The minimum Gasteiger partial charge on any atom is -0.348 e. The second kappa shape index (κ2) is 8.41. The number of carbonyl (C=O) groups is 1. The highest BCUT2D eigenvalue weighted by Gasteiger charge is 2.48. The van der Waals surface area contributed by atoms with E-state index in [1.54, 1.807) is 10.9 Å². The zero-order valence-corrected chi connectivity index (χ0v) is 17.0. The van der Waals surface area contributed by atoms with Crippen LogP contribution in [-0.2, 0) is 14.6 Å². The molecular formula is C18H25ClN4O3S. The molecule has 1 atom stereocenters. The standard InChI is InChI=1S/C18H24N4O3S.ClH/c1-14(15-5-3-6-16(13-15)22-12-4-9-20-22)21-17(23)18(26(2,24)25)7-10-19-11-8-18;/h3-6,9,12-14,19H,7-8,10-11H2,1-2H3,(H,21,23);1H. The quantitative estimate of drug-likeness (QED) is 0.778. The Balaban J connectivity index is 0.00000261. The van der Waals surface area contributed by atoms with E-state index < -0.39 is 20.5 Å². The first kappa shape index (κ1) is 21.4. The van der Waals surface area contributed by atoms with Crippen LogP contribution in [0.1, 0.15) is 31.4 Å². The van der Waals surface area contributed by atoms with Gasteiger partial charge in [-0.3, -0.25) is 4.79 Å². The molecule has 2 aromatic rings. The van der Waals surface area contributed by atoms with E-state index in [-0.39, 0.29) is 31.3 Å². The molecule has 2 heterocycles. The summed E-state index contributed by atoms with van der Waals surface area (Å²) in [6.07, 6.45) is 5.28. The van der Waals surface area contributed by atoms with Crippen molar-refractivity contribution in [3.63, 3.8) is 0 Å². The Labute approximate surface area is 165 Å². The van der Waals surface area contributed by atoms with Crippen molar-refractivity contribution in [1.82, 2.24) is 20.4 Å². The van der Waals surface area contributed by atoms with Gasteiger partial charge in [0.2, 0.25) is 5.91 Å². The van der Waals surface area contributed by atoms with Gasteiger partial charge in [-0.25, -0.2) is 13.1 Å². The van der Waals surface area contributed by atoms with E-state index in [1.165, 1.54) is 0 Å². The second-order valence-electron chi connectivity index (χ2n) is 6.76. The Bertz CT molecular complexity index is 878. The molecule has 1 saturated heterocycles. The topological polar surface area (TPSA) is 93.1 Å². The molecule has 1 aliphatic rings. The molecule has 9 heteroatoms. The molecular weight excluding hydrogens is 388 g/mol. The third kappa shape index (κ3) is 4.34. The van der Waals surface area contributed by atoms with Gasteiger partial charge in [0, 0.05) is 18.6 Å². The molecule has 0 aliphatic carbocycles. The van der Waals surface area contributed by atoms with E-state index in [1.807, 2.05) is 43.5 Å². The molecule has 1 amide bonds. The number of halogens is 1. The Kier molecular flexibility index (Phi) is 6.67. The van der Waals surface area contributed by atoms with Crippen LogP contribution in [-0.4, -0.2) is 48.2 Å². The highest BCUT2D eigenvalue weighted by molar-refractivity contribution is 7.92. The summed E-state index contributed by atoms with van der Waals surface area (Å²) in [6, 6.07) is 9.19. The Morgan fingerprint density at radius 3 is 2.59 bits per heavy atom. The zero-order chi connectivity index (χ0) is 18.8. The van der Waals surface area contributed by atoms with Gasteiger partial charge in [0.15, 0.2) is 14.6 Å². The van der Waals surface area contributed by atoms with Gasteiger partial charge in [-0.05, 0) is 56.6 Å². The molecule has 0 radical (unpaired) electrons. The first-order valence-corrected chi connectivity index (χ1v) is 10.5. The number of aromatic nitrogens is 2. The molecule has 1 unspecified atom stereocenters. The monoisotopic (exact) mass is 412 g/mol. The minimum absolute atomic E-state index is 0. The van der Waals surface area contributed by atoms with E-state index in [9.17, 15) is 13.2 Å². The van der Waals surface area contributed by atoms with Crippen LogP contribution in [0.3, 0.4) is 0 Å². The SMILES string of the molecule is CC(NC(=O)C1(S(C)(=O)=O)CCNCC1)c1cccc(-n2cccn2)c1.Cl. The number of amides is 1. The lowest BCUT2D eigenvalue weighted by atomic mass is 9.95. The summed E-state index contributed by atoms with van der Waals surface area (Å²) in [7, 11) is -3.52.